The Hall–Kier alpha value is -3.06. The van der Waals surface area contributed by atoms with Crippen molar-refractivity contribution in [1.29, 1.82) is 0 Å². The molecule has 0 aromatic heterocycles. The van der Waals surface area contributed by atoms with Gasteiger partial charge in [0.2, 0.25) is 5.91 Å². The van der Waals surface area contributed by atoms with Gasteiger partial charge in [0, 0.05) is 6.04 Å². The Morgan fingerprint density at radius 2 is 1.65 bits per heavy atom. The molecule has 7 nitrogen and oxygen atoms in total. The molecule has 0 radical (unpaired) electrons. The predicted octanol–water partition coefficient (Wildman–Crippen LogP) is 7.12. The summed E-state index contributed by atoms with van der Waals surface area (Å²) in [7, 11) is 0. The first-order valence-electron chi connectivity index (χ1n) is 14.0. The number of halogens is 1. The number of aryl methyl sites for hydroxylation is 2. The first kappa shape index (κ1) is 31.5. The summed E-state index contributed by atoms with van der Waals surface area (Å²) >= 11 is 6.48. The zero-order chi connectivity index (χ0) is 29.9. The van der Waals surface area contributed by atoms with Crippen LogP contribution in [0, 0.1) is 32.6 Å². The summed E-state index contributed by atoms with van der Waals surface area (Å²) in [5.74, 6) is -0.322. The molecule has 1 aliphatic rings. The highest BCUT2D eigenvalue weighted by atomic mass is 35.5. The number of nitrogens with zero attached hydrogens (tertiary/aromatic N) is 1. The second kappa shape index (κ2) is 12.6. The number of amides is 3. The van der Waals surface area contributed by atoms with Gasteiger partial charge in [0.15, 0.2) is 0 Å². The minimum Gasteiger partial charge on any atom is -0.444 e. The van der Waals surface area contributed by atoms with Gasteiger partial charge in [-0.15, -0.1) is 0 Å². The van der Waals surface area contributed by atoms with E-state index in [0.29, 0.717) is 17.1 Å². The highest BCUT2D eigenvalue weighted by Crippen LogP contribution is 2.42. The number of anilines is 1. The van der Waals surface area contributed by atoms with Crippen LogP contribution in [-0.2, 0) is 14.3 Å². The van der Waals surface area contributed by atoms with Crippen molar-refractivity contribution < 1.29 is 19.1 Å². The molecule has 0 heterocycles. The standard InChI is InChI=1S/C32H44ClN3O4/c1-18(2)16-25(34-31(39)40-32(7,8)9)30(38)36(26-17-21(26)5)28(23-14-10-12-19(3)22(23)6)29(37)35-27-20(4)13-11-15-24(27)33/h10-15,18,21,25-26,28H,16-17H2,1-9H3,(H,34,39)(H,35,37). The molecule has 4 unspecified atom stereocenters. The molecule has 0 spiro atoms. The van der Waals surface area contributed by atoms with Crippen molar-refractivity contribution in [2.24, 2.45) is 11.8 Å². The molecule has 2 aromatic rings. The molecule has 1 aliphatic carbocycles. The molecule has 8 heteroatoms. The van der Waals surface area contributed by atoms with E-state index in [4.69, 9.17) is 16.3 Å². The first-order chi connectivity index (χ1) is 18.6. The number of para-hydroxylation sites is 1. The minimum atomic E-state index is -0.923. The Kier molecular flexibility index (Phi) is 9.94. The molecule has 0 aliphatic heterocycles. The van der Waals surface area contributed by atoms with Gasteiger partial charge in [-0.05, 0) is 94.5 Å². The lowest BCUT2D eigenvalue weighted by molar-refractivity contribution is -0.142. The molecular weight excluding hydrogens is 526 g/mol. The highest BCUT2D eigenvalue weighted by molar-refractivity contribution is 6.34. The SMILES string of the molecule is Cc1cccc(C(C(=O)Nc2c(C)cccc2Cl)N(C(=O)C(CC(C)C)NC(=O)OC(C)(C)C)C2CC2C)c1C. The van der Waals surface area contributed by atoms with Crippen LogP contribution in [0.2, 0.25) is 5.02 Å². The molecule has 2 aromatic carbocycles. The monoisotopic (exact) mass is 569 g/mol. The molecule has 4 atom stereocenters. The van der Waals surface area contributed by atoms with E-state index in [1.165, 1.54) is 0 Å². The lowest BCUT2D eigenvalue weighted by atomic mass is 9.94. The normalized spacial score (nSPS) is 18.1. The van der Waals surface area contributed by atoms with Crippen LogP contribution in [0.4, 0.5) is 10.5 Å². The number of benzene rings is 2. The molecule has 0 bridgehead atoms. The number of rotatable bonds is 9. The lowest BCUT2D eigenvalue weighted by Gasteiger charge is -2.36. The Bertz CT molecular complexity index is 1230. The third-order valence-corrected chi connectivity index (χ3v) is 7.63. The molecule has 40 heavy (non-hydrogen) atoms. The maximum absolute atomic E-state index is 14.5. The third-order valence-electron chi connectivity index (χ3n) is 7.31. The second-order valence-corrected chi connectivity index (χ2v) is 12.9. The third kappa shape index (κ3) is 7.78. The van der Waals surface area contributed by atoms with Crippen molar-refractivity contribution in [2.75, 3.05) is 5.32 Å². The summed E-state index contributed by atoms with van der Waals surface area (Å²) in [6.45, 7) is 17.2. The van der Waals surface area contributed by atoms with Crippen LogP contribution in [0.5, 0.6) is 0 Å². The van der Waals surface area contributed by atoms with Gasteiger partial charge in [-0.1, -0.05) is 62.7 Å². The lowest BCUT2D eigenvalue weighted by Crippen LogP contribution is -2.54. The number of hydrogen-bond acceptors (Lipinski definition) is 4. The van der Waals surface area contributed by atoms with E-state index in [1.807, 2.05) is 65.0 Å². The van der Waals surface area contributed by atoms with Crippen LogP contribution in [0.1, 0.15) is 82.7 Å². The van der Waals surface area contributed by atoms with Gasteiger partial charge in [-0.3, -0.25) is 9.59 Å². The number of carbonyl (C=O) groups excluding carboxylic acids is 3. The van der Waals surface area contributed by atoms with Gasteiger partial charge in [0.25, 0.3) is 5.91 Å². The van der Waals surface area contributed by atoms with E-state index in [9.17, 15) is 14.4 Å². The summed E-state index contributed by atoms with van der Waals surface area (Å²) < 4.78 is 5.49. The molecule has 3 amide bonds. The quantitative estimate of drug-likeness (QED) is 0.336. The molecule has 1 saturated carbocycles. The van der Waals surface area contributed by atoms with Crippen LogP contribution in [0.25, 0.3) is 0 Å². The molecule has 1 fully saturated rings. The van der Waals surface area contributed by atoms with Gasteiger partial charge in [-0.25, -0.2) is 4.79 Å². The van der Waals surface area contributed by atoms with Crippen molar-refractivity contribution in [3.05, 3.63) is 63.7 Å². The zero-order valence-corrected chi connectivity index (χ0v) is 26.0. The summed E-state index contributed by atoms with van der Waals surface area (Å²) in [4.78, 5) is 43.2. The summed E-state index contributed by atoms with van der Waals surface area (Å²) in [5.41, 5.74) is 3.33. The van der Waals surface area contributed by atoms with E-state index in [1.54, 1.807) is 31.7 Å². The number of alkyl carbamates (subject to hydrolysis) is 1. The van der Waals surface area contributed by atoms with E-state index in [-0.39, 0.29) is 29.7 Å². The summed E-state index contributed by atoms with van der Waals surface area (Å²) in [5, 5.41) is 6.27. The van der Waals surface area contributed by atoms with Gasteiger partial charge >= 0.3 is 6.09 Å². The van der Waals surface area contributed by atoms with E-state index < -0.39 is 23.8 Å². The maximum atomic E-state index is 14.5. The van der Waals surface area contributed by atoms with Gasteiger partial charge < -0.3 is 20.3 Å². The average Bonchev–Trinajstić information content (AvgIpc) is 3.55. The highest BCUT2D eigenvalue weighted by Gasteiger charge is 2.48. The fourth-order valence-electron chi connectivity index (χ4n) is 4.96. The summed E-state index contributed by atoms with van der Waals surface area (Å²) in [6, 6.07) is 9.31. The maximum Gasteiger partial charge on any atom is 0.408 e. The topological polar surface area (TPSA) is 87.7 Å². The summed E-state index contributed by atoms with van der Waals surface area (Å²) in [6.07, 6.45) is 0.516. The molecule has 218 valence electrons. The van der Waals surface area contributed by atoms with Crippen LogP contribution in [-0.4, -0.2) is 40.5 Å². The Balaban J connectivity index is 2.10. The number of nitrogens with one attached hydrogen (secondary N) is 2. The van der Waals surface area contributed by atoms with Crippen LogP contribution >= 0.6 is 11.6 Å². The largest absolute Gasteiger partial charge is 0.444 e. The van der Waals surface area contributed by atoms with Gasteiger partial charge in [0.05, 0.1) is 10.7 Å². The van der Waals surface area contributed by atoms with Crippen molar-refractivity contribution in [1.82, 2.24) is 10.2 Å². The zero-order valence-electron chi connectivity index (χ0n) is 25.2. The predicted molar refractivity (Wildman–Crippen MR) is 161 cm³/mol. The molecule has 0 saturated heterocycles. The Morgan fingerprint density at radius 3 is 2.20 bits per heavy atom. The average molecular weight is 570 g/mol. The van der Waals surface area contributed by atoms with Crippen molar-refractivity contribution >= 4 is 35.2 Å². The molecule has 2 N–H and O–H groups in total. The van der Waals surface area contributed by atoms with E-state index in [2.05, 4.69) is 17.6 Å². The molecule has 3 rings (SSSR count). The molecular formula is C32H44ClN3O4. The first-order valence-corrected chi connectivity index (χ1v) is 14.4. The number of hydrogen-bond donors (Lipinski definition) is 2. The minimum absolute atomic E-state index is 0.112. The number of carbonyl (C=O) groups is 3. The van der Waals surface area contributed by atoms with Gasteiger partial charge in [0.1, 0.15) is 17.7 Å². The number of ether oxygens (including phenoxy) is 1. The van der Waals surface area contributed by atoms with Crippen LogP contribution in [0.3, 0.4) is 0 Å². The smallest absolute Gasteiger partial charge is 0.408 e. The Morgan fingerprint density at radius 1 is 1.05 bits per heavy atom. The van der Waals surface area contributed by atoms with E-state index >= 15 is 0 Å². The van der Waals surface area contributed by atoms with Crippen molar-refractivity contribution in [2.45, 2.75) is 98.9 Å². The van der Waals surface area contributed by atoms with Gasteiger partial charge in [-0.2, -0.15) is 0 Å². The van der Waals surface area contributed by atoms with Crippen LogP contribution < -0.4 is 10.6 Å². The fourth-order valence-corrected chi connectivity index (χ4v) is 5.23. The second-order valence-electron chi connectivity index (χ2n) is 12.5. The van der Waals surface area contributed by atoms with Crippen molar-refractivity contribution in [3.63, 3.8) is 0 Å². The Labute approximate surface area is 244 Å². The van der Waals surface area contributed by atoms with Crippen molar-refractivity contribution in [3.8, 4) is 0 Å². The fraction of sp³-hybridized carbons (Fsp3) is 0.531. The van der Waals surface area contributed by atoms with Crippen LogP contribution in [0.15, 0.2) is 36.4 Å². The van der Waals surface area contributed by atoms with E-state index in [0.717, 1.165) is 28.7 Å².